The minimum Gasteiger partial charge on any atom is -0.271 e. The van der Waals surface area contributed by atoms with Crippen LogP contribution in [0.5, 0.6) is 0 Å². The van der Waals surface area contributed by atoms with Gasteiger partial charge in [-0.2, -0.15) is 5.10 Å². The van der Waals surface area contributed by atoms with E-state index >= 15 is 0 Å². The van der Waals surface area contributed by atoms with E-state index in [0.29, 0.717) is 12.2 Å². The Morgan fingerprint density at radius 2 is 2.11 bits per heavy atom. The summed E-state index contributed by atoms with van der Waals surface area (Å²) in [7, 11) is -3.18. The number of nitrogens with zero attached hydrogens (tertiary/aromatic N) is 3. The van der Waals surface area contributed by atoms with E-state index in [-0.39, 0.29) is 11.5 Å². The van der Waals surface area contributed by atoms with Gasteiger partial charge in [-0.05, 0) is 40.5 Å². The Morgan fingerprint density at radius 1 is 1.32 bits per heavy atom. The number of aryl methyl sites for hydroxylation is 2. The van der Waals surface area contributed by atoms with Gasteiger partial charge in [0.1, 0.15) is 0 Å². The van der Waals surface area contributed by atoms with Gasteiger partial charge in [-0.25, -0.2) is 8.42 Å². The molecule has 2 heterocycles. The molecule has 19 heavy (non-hydrogen) atoms. The van der Waals surface area contributed by atoms with Crippen molar-refractivity contribution < 1.29 is 8.42 Å². The van der Waals surface area contributed by atoms with Crippen LogP contribution in [-0.4, -0.2) is 28.9 Å². The molecule has 102 valence electrons. The third-order valence-corrected chi connectivity index (χ3v) is 4.56. The number of rotatable bonds is 5. The zero-order valence-electron chi connectivity index (χ0n) is 10.5. The highest BCUT2D eigenvalue weighted by molar-refractivity contribution is 9.10. The maximum atomic E-state index is 12.0. The molecule has 0 saturated heterocycles. The first kappa shape index (κ1) is 14.2. The molecule has 0 unspecified atom stereocenters. The molecule has 5 nitrogen and oxygen atoms in total. The van der Waals surface area contributed by atoms with Crippen LogP contribution in [0.2, 0.25) is 0 Å². The van der Waals surface area contributed by atoms with E-state index in [9.17, 15) is 8.42 Å². The molecular formula is C12H14BrN3O2S. The van der Waals surface area contributed by atoms with E-state index < -0.39 is 9.84 Å². The van der Waals surface area contributed by atoms with Crippen LogP contribution < -0.4 is 0 Å². The summed E-state index contributed by atoms with van der Waals surface area (Å²) in [5.41, 5.74) is 1.58. The van der Waals surface area contributed by atoms with Crippen molar-refractivity contribution in [1.82, 2.24) is 14.8 Å². The smallest absolute Gasteiger partial charge is 0.157 e. The summed E-state index contributed by atoms with van der Waals surface area (Å²) in [4.78, 5) is 4.07. The van der Waals surface area contributed by atoms with Gasteiger partial charge in [0.25, 0.3) is 0 Å². The fourth-order valence-electron chi connectivity index (χ4n) is 1.61. The van der Waals surface area contributed by atoms with Gasteiger partial charge in [-0.1, -0.05) is 0 Å². The molecule has 0 fully saturated rings. The molecule has 0 aliphatic rings. The minimum absolute atomic E-state index is 0.0411. The maximum Gasteiger partial charge on any atom is 0.157 e. The Bertz CT molecular complexity index is 650. The van der Waals surface area contributed by atoms with Crippen molar-refractivity contribution in [1.29, 1.82) is 0 Å². The summed E-state index contributed by atoms with van der Waals surface area (Å²) < 4.78 is 26.4. The van der Waals surface area contributed by atoms with Gasteiger partial charge in [-0.3, -0.25) is 9.67 Å². The fourth-order valence-corrected chi connectivity index (χ4v) is 3.08. The van der Waals surface area contributed by atoms with Crippen LogP contribution in [0.4, 0.5) is 0 Å². The molecule has 0 spiro atoms. The second kappa shape index (κ2) is 5.83. The lowest BCUT2D eigenvalue weighted by Crippen LogP contribution is -2.15. The van der Waals surface area contributed by atoms with E-state index in [2.05, 4.69) is 26.0 Å². The summed E-state index contributed by atoms with van der Waals surface area (Å²) in [6, 6.07) is 3.49. The summed E-state index contributed by atoms with van der Waals surface area (Å²) in [6.07, 6.45) is 5.14. The summed E-state index contributed by atoms with van der Waals surface area (Å²) in [5.74, 6) is 0.0202. The van der Waals surface area contributed by atoms with Crippen molar-refractivity contribution in [3.8, 4) is 0 Å². The van der Waals surface area contributed by atoms with Crippen LogP contribution in [0.15, 0.2) is 35.2 Å². The monoisotopic (exact) mass is 343 g/mol. The Balaban J connectivity index is 1.97. The Morgan fingerprint density at radius 3 is 2.68 bits per heavy atom. The average Bonchev–Trinajstić information content (AvgIpc) is 2.76. The van der Waals surface area contributed by atoms with Gasteiger partial charge >= 0.3 is 0 Å². The van der Waals surface area contributed by atoms with Crippen molar-refractivity contribution in [2.75, 3.05) is 5.75 Å². The second-order valence-corrected chi connectivity index (χ2v) is 7.44. The van der Waals surface area contributed by atoms with Crippen molar-refractivity contribution >= 4 is 25.8 Å². The molecule has 0 bridgehead atoms. The van der Waals surface area contributed by atoms with Gasteiger partial charge in [0.15, 0.2) is 9.84 Å². The normalized spacial score (nSPS) is 11.7. The van der Waals surface area contributed by atoms with Gasteiger partial charge in [-0.15, -0.1) is 0 Å². The number of hydrogen-bond acceptors (Lipinski definition) is 4. The van der Waals surface area contributed by atoms with Crippen molar-refractivity contribution in [3.63, 3.8) is 0 Å². The van der Waals surface area contributed by atoms with Gasteiger partial charge in [0.2, 0.25) is 0 Å². The number of pyridine rings is 1. The van der Waals surface area contributed by atoms with Gasteiger partial charge in [0.05, 0.1) is 29.9 Å². The molecule has 0 radical (unpaired) electrons. The molecular weight excluding hydrogens is 330 g/mol. The molecule has 0 aliphatic heterocycles. The SMILES string of the molecule is Cc1cnn(CCS(=O)(=O)Cc2ccc(Br)cn2)c1. The third-order valence-electron chi connectivity index (χ3n) is 2.55. The topological polar surface area (TPSA) is 64.8 Å². The van der Waals surface area contributed by atoms with E-state index in [1.807, 2.05) is 13.1 Å². The molecule has 2 aromatic rings. The second-order valence-electron chi connectivity index (χ2n) is 4.34. The Hall–Kier alpha value is -1.21. The molecule has 0 saturated carbocycles. The predicted molar refractivity (Wildman–Crippen MR) is 76.4 cm³/mol. The zero-order chi connectivity index (χ0) is 13.9. The van der Waals surface area contributed by atoms with E-state index in [4.69, 9.17) is 0 Å². The van der Waals surface area contributed by atoms with Crippen LogP contribution in [0.3, 0.4) is 0 Å². The molecule has 2 aromatic heterocycles. The molecule has 0 aromatic carbocycles. The standard InChI is InChI=1S/C12H14BrN3O2S/c1-10-6-15-16(8-10)4-5-19(17,18)9-12-3-2-11(13)7-14-12/h2-3,6-8H,4-5,9H2,1H3. The molecule has 0 aliphatic carbocycles. The minimum atomic E-state index is -3.18. The quantitative estimate of drug-likeness (QED) is 0.832. The summed E-state index contributed by atoms with van der Waals surface area (Å²) in [6.45, 7) is 2.29. The van der Waals surface area contributed by atoms with Crippen molar-refractivity contribution in [2.24, 2.45) is 0 Å². The molecule has 2 rings (SSSR count). The lowest BCUT2D eigenvalue weighted by molar-refractivity contribution is 0.579. The first-order chi connectivity index (χ1) is 8.94. The van der Waals surface area contributed by atoms with Crippen molar-refractivity contribution in [3.05, 3.63) is 46.5 Å². The average molecular weight is 344 g/mol. The molecule has 7 heteroatoms. The van der Waals surface area contributed by atoms with Crippen LogP contribution >= 0.6 is 15.9 Å². The molecule has 0 atom stereocenters. The van der Waals surface area contributed by atoms with Crippen LogP contribution in [-0.2, 0) is 22.1 Å². The number of halogens is 1. The first-order valence-electron chi connectivity index (χ1n) is 5.74. The number of sulfone groups is 1. The largest absolute Gasteiger partial charge is 0.271 e. The lowest BCUT2D eigenvalue weighted by atomic mass is 10.4. The van der Waals surface area contributed by atoms with E-state index in [1.165, 1.54) is 0 Å². The molecule has 0 amide bonds. The highest BCUT2D eigenvalue weighted by atomic mass is 79.9. The third kappa shape index (κ3) is 4.43. The van der Waals surface area contributed by atoms with Gasteiger partial charge < -0.3 is 0 Å². The highest BCUT2D eigenvalue weighted by Crippen LogP contribution is 2.10. The Kier molecular flexibility index (Phi) is 4.36. The van der Waals surface area contributed by atoms with Crippen LogP contribution in [0.1, 0.15) is 11.3 Å². The number of aromatic nitrogens is 3. The summed E-state index contributed by atoms with van der Waals surface area (Å²) >= 11 is 3.27. The van der Waals surface area contributed by atoms with Crippen molar-refractivity contribution in [2.45, 2.75) is 19.2 Å². The maximum absolute atomic E-state index is 12.0. The van der Waals surface area contributed by atoms with Crippen LogP contribution in [0.25, 0.3) is 0 Å². The van der Waals surface area contributed by atoms with Gasteiger partial charge in [0, 0.05) is 16.9 Å². The highest BCUT2D eigenvalue weighted by Gasteiger charge is 2.13. The summed E-state index contributed by atoms with van der Waals surface area (Å²) in [5, 5.41) is 4.07. The fraction of sp³-hybridized carbons (Fsp3) is 0.333. The molecule has 0 N–H and O–H groups in total. The zero-order valence-corrected chi connectivity index (χ0v) is 12.9. The lowest BCUT2D eigenvalue weighted by Gasteiger charge is -2.04. The first-order valence-corrected chi connectivity index (χ1v) is 8.36. The Labute approximate surface area is 120 Å². The van der Waals surface area contributed by atoms with E-state index in [0.717, 1.165) is 10.0 Å². The van der Waals surface area contributed by atoms with E-state index in [1.54, 1.807) is 29.2 Å². The van der Waals surface area contributed by atoms with Crippen LogP contribution in [0, 0.1) is 6.92 Å². The number of hydrogen-bond donors (Lipinski definition) is 0. The predicted octanol–water partition coefficient (Wildman–Crippen LogP) is 1.96.